The van der Waals surface area contributed by atoms with Crippen molar-refractivity contribution in [2.24, 2.45) is 0 Å². The Bertz CT molecular complexity index is 415. The molecule has 0 aliphatic heterocycles. The van der Waals surface area contributed by atoms with Crippen LogP contribution in [0.4, 0.5) is 22.0 Å². The summed E-state index contributed by atoms with van der Waals surface area (Å²) in [5.74, 6) is -1.67. The minimum Gasteiger partial charge on any atom is -0.477 e. The second-order valence-corrected chi connectivity index (χ2v) is 2.76. The van der Waals surface area contributed by atoms with Gasteiger partial charge < -0.3 is 5.11 Å². The predicted molar refractivity (Wildman–Crippen MR) is 41.2 cm³/mol. The Hall–Kier alpha value is -1.73. The summed E-state index contributed by atoms with van der Waals surface area (Å²) in [6.07, 6.45) is -8.32. The molecule has 0 atom stereocenters. The normalized spacial score (nSPS) is 11.9. The number of hydrogen-bond acceptors (Lipinski definition) is 2. The van der Waals surface area contributed by atoms with E-state index >= 15 is 0 Å². The van der Waals surface area contributed by atoms with E-state index in [1.54, 1.807) is 0 Å². The van der Waals surface area contributed by atoms with Crippen LogP contribution in [-0.4, -0.2) is 16.1 Å². The number of carbonyl (C=O) groups is 1. The van der Waals surface area contributed by atoms with E-state index in [0.717, 1.165) is 0 Å². The number of rotatable bonds is 2. The lowest BCUT2D eigenvalue weighted by atomic mass is 10.1. The summed E-state index contributed by atoms with van der Waals surface area (Å²) >= 11 is 0. The molecule has 1 N–H and O–H groups in total. The third kappa shape index (κ3) is 2.44. The molecule has 0 unspecified atom stereocenters. The third-order valence-corrected chi connectivity index (χ3v) is 1.70. The molecular formula is C8H4F5NO2. The molecule has 0 fully saturated rings. The lowest BCUT2D eigenvalue weighted by Gasteiger charge is -2.11. The van der Waals surface area contributed by atoms with Gasteiger partial charge in [0, 0.05) is 11.8 Å². The fraction of sp³-hybridized carbons (Fsp3) is 0.250. The van der Waals surface area contributed by atoms with Gasteiger partial charge in [0.05, 0.1) is 5.56 Å². The summed E-state index contributed by atoms with van der Waals surface area (Å²) in [7, 11) is 0. The number of carboxylic acid groups (broad SMARTS) is 1. The van der Waals surface area contributed by atoms with Gasteiger partial charge in [-0.25, -0.2) is 18.6 Å². The highest BCUT2D eigenvalue weighted by molar-refractivity contribution is 5.85. The first-order valence-electron chi connectivity index (χ1n) is 3.82. The molecule has 88 valence electrons. The van der Waals surface area contributed by atoms with Crippen LogP contribution in [0, 0.1) is 0 Å². The zero-order valence-corrected chi connectivity index (χ0v) is 7.42. The topological polar surface area (TPSA) is 50.2 Å². The highest BCUT2D eigenvalue weighted by atomic mass is 19.4. The van der Waals surface area contributed by atoms with Crippen LogP contribution in [0.15, 0.2) is 12.3 Å². The largest absolute Gasteiger partial charge is 0.477 e. The van der Waals surface area contributed by atoms with Crippen LogP contribution in [0.1, 0.15) is 28.0 Å². The maximum Gasteiger partial charge on any atom is 0.418 e. The summed E-state index contributed by atoms with van der Waals surface area (Å²) in [6.45, 7) is 0. The van der Waals surface area contributed by atoms with E-state index in [4.69, 9.17) is 5.11 Å². The van der Waals surface area contributed by atoms with Gasteiger partial charge in [0.25, 0.3) is 6.43 Å². The van der Waals surface area contributed by atoms with E-state index < -0.39 is 35.4 Å². The minimum absolute atomic E-state index is 0.0882. The molecule has 1 heterocycles. The zero-order valence-electron chi connectivity index (χ0n) is 7.42. The van der Waals surface area contributed by atoms with Gasteiger partial charge in [-0.05, 0) is 6.07 Å². The van der Waals surface area contributed by atoms with E-state index in [-0.39, 0.29) is 12.3 Å². The summed E-state index contributed by atoms with van der Waals surface area (Å²) in [5.41, 5.74) is -3.88. The molecule has 1 aromatic heterocycles. The average molecular weight is 241 g/mol. The first-order chi connectivity index (χ1) is 7.23. The molecule has 0 amide bonds. The van der Waals surface area contributed by atoms with Gasteiger partial charge in [-0.2, -0.15) is 13.2 Å². The smallest absolute Gasteiger partial charge is 0.418 e. The molecule has 0 bridgehead atoms. The van der Waals surface area contributed by atoms with Crippen molar-refractivity contribution in [3.63, 3.8) is 0 Å². The molecule has 3 nitrogen and oxygen atoms in total. The Kier molecular flexibility index (Phi) is 3.11. The third-order valence-electron chi connectivity index (χ3n) is 1.70. The second-order valence-electron chi connectivity index (χ2n) is 2.76. The van der Waals surface area contributed by atoms with E-state index in [0.29, 0.717) is 0 Å². The van der Waals surface area contributed by atoms with Crippen LogP contribution in [-0.2, 0) is 6.18 Å². The molecule has 16 heavy (non-hydrogen) atoms. The molecule has 1 rings (SSSR count). The van der Waals surface area contributed by atoms with Crippen LogP contribution >= 0.6 is 0 Å². The van der Waals surface area contributed by atoms with Gasteiger partial charge in [-0.1, -0.05) is 0 Å². The summed E-state index contributed by atoms with van der Waals surface area (Å²) in [4.78, 5) is 13.3. The lowest BCUT2D eigenvalue weighted by molar-refractivity contribution is -0.139. The number of pyridine rings is 1. The van der Waals surface area contributed by atoms with Crippen molar-refractivity contribution in [2.45, 2.75) is 12.6 Å². The Morgan fingerprint density at radius 2 is 1.94 bits per heavy atom. The molecule has 0 aliphatic rings. The quantitative estimate of drug-likeness (QED) is 0.810. The Morgan fingerprint density at radius 3 is 2.31 bits per heavy atom. The molecular weight excluding hydrogens is 237 g/mol. The van der Waals surface area contributed by atoms with Crippen LogP contribution in [0.2, 0.25) is 0 Å². The number of alkyl halides is 5. The predicted octanol–water partition coefficient (Wildman–Crippen LogP) is 2.74. The first kappa shape index (κ1) is 12.3. The van der Waals surface area contributed by atoms with Gasteiger partial charge in [-0.15, -0.1) is 0 Å². The van der Waals surface area contributed by atoms with Crippen LogP contribution in [0.25, 0.3) is 0 Å². The van der Waals surface area contributed by atoms with Crippen molar-refractivity contribution in [3.05, 3.63) is 29.1 Å². The molecule has 0 radical (unpaired) electrons. The van der Waals surface area contributed by atoms with Crippen molar-refractivity contribution in [3.8, 4) is 0 Å². The fourth-order valence-electron chi connectivity index (χ4n) is 1.01. The summed E-state index contributed by atoms with van der Waals surface area (Å²) in [6, 6.07) is 0.218. The molecule has 1 aromatic rings. The van der Waals surface area contributed by atoms with Crippen LogP contribution < -0.4 is 0 Å². The monoisotopic (exact) mass is 241 g/mol. The number of nitrogens with zero attached hydrogens (tertiary/aromatic N) is 1. The van der Waals surface area contributed by atoms with Gasteiger partial charge in [0.15, 0.2) is 0 Å². The maximum absolute atomic E-state index is 12.3. The molecule has 0 saturated heterocycles. The Balaban J connectivity index is 3.37. The lowest BCUT2D eigenvalue weighted by Crippen LogP contribution is -2.12. The maximum atomic E-state index is 12.3. The zero-order chi connectivity index (χ0) is 12.5. The van der Waals surface area contributed by atoms with E-state index in [2.05, 4.69) is 4.98 Å². The molecule has 8 heteroatoms. The molecule has 0 aliphatic carbocycles. The Morgan fingerprint density at radius 1 is 1.38 bits per heavy atom. The summed E-state index contributed by atoms with van der Waals surface area (Å²) in [5, 5.41) is 8.40. The number of halogens is 5. The number of hydrogen-bond donors (Lipinski definition) is 1. The van der Waals surface area contributed by atoms with Crippen LogP contribution in [0.3, 0.4) is 0 Å². The van der Waals surface area contributed by atoms with E-state index in [1.165, 1.54) is 0 Å². The van der Waals surface area contributed by atoms with Gasteiger partial charge in [0.2, 0.25) is 0 Å². The second kappa shape index (κ2) is 4.03. The minimum atomic E-state index is -4.99. The van der Waals surface area contributed by atoms with Crippen LogP contribution in [0.5, 0.6) is 0 Å². The van der Waals surface area contributed by atoms with Gasteiger partial charge in [0.1, 0.15) is 5.69 Å². The SMILES string of the molecule is O=C(O)c1cc(C(F)F)c(C(F)(F)F)cn1. The fourth-order valence-corrected chi connectivity index (χ4v) is 1.01. The van der Waals surface area contributed by atoms with E-state index in [9.17, 15) is 26.7 Å². The summed E-state index contributed by atoms with van der Waals surface area (Å²) < 4.78 is 61.2. The first-order valence-corrected chi connectivity index (χ1v) is 3.82. The van der Waals surface area contributed by atoms with Crippen molar-refractivity contribution >= 4 is 5.97 Å². The Labute approximate surface area is 85.5 Å². The number of aromatic nitrogens is 1. The van der Waals surface area contributed by atoms with Crippen molar-refractivity contribution in [2.75, 3.05) is 0 Å². The average Bonchev–Trinajstić information content (AvgIpc) is 2.15. The van der Waals surface area contributed by atoms with Crippen molar-refractivity contribution in [1.29, 1.82) is 0 Å². The van der Waals surface area contributed by atoms with E-state index in [1.807, 2.05) is 0 Å². The molecule has 0 spiro atoms. The van der Waals surface area contributed by atoms with Crippen molar-refractivity contribution in [1.82, 2.24) is 4.98 Å². The number of aromatic carboxylic acids is 1. The van der Waals surface area contributed by atoms with Gasteiger partial charge in [-0.3, -0.25) is 0 Å². The highest BCUT2D eigenvalue weighted by Crippen LogP contribution is 2.35. The highest BCUT2D eigenvalue weighted by Gasteiger charge is 2.36. The number of carboxylic acids is 1. The molecule has 0 aromatic carbocycles. The van der Waals surface area contributed by atoms with Gasteiger partial charge >= 0.3 is 12.1 Å². The standard InChI is InChI=1S/C8H4F5NO2/c9-6(10)3-1-5(7(15)16)14-2-4(3)8(11,12)13/h1-2,6H,(H,15,16). The van der Waals surface area contributed by atoms with Crippen molar-refractivity contribution < 1.29 is 31.9 Å². The molecule has 0 saturated carbocycles.